The third-order valence-corrected chi connectivity index (χ3v) is 5.09. The van der Waals surface area contributed by atoms with E-state index >= 15 is 0 Å². The van der Waals surface area contributed by atoms with Gasteiger partial charge < -0.3 is 29.5 Å². The first-order chi connectivity index (χ1) is 13.6. The van der Waals surface area contributed by atoms with Gasteiger partial charge in [0, 0.05) is 63.4 Å². The Kier molecular flexibility index (Phi) is 5.14. The second kappa shape index (κ2) is 7.88. The molecule has 1 saturated heterocycles. The maximum absolute atomic E-state index is 12.6. The summed E-state index contributed by atoms with van der Waals surface area (Å²) in [7, 11) is 4.07. The van der Waals surface area contributed by atoms with Gasteiger partial charge in [0.15, 0.2) is 11.5 Å². The predicted molar refractivity (Wildman–Crippen MR) is 111 cm³/mol. The molecule has 0 atom stereocenters. The van der Waals surface area contributed by atoms with Crippen molar-refractivity contribution >= 4 is 23.1 Å². The lowest BCUT2D eigenvalue weighted by Gasteiger charge is -2.36. The molecule has 1 N–H and O–H groups in total. The number of carbonyl (C=O) groups excluding carboxylic acids is 1. The molecule has 0 saturated carbocycles. The molecule has 2 aliphatic rings. The molecule has 7 nitrogen and oxygen atoms in total. The zero-order chi connectivity index (χ0) is 19.5. The molecule has 2 aliphatic heterocycles. The number of nitrogens with zero attached hydrogens (tertiary/aromatic N) is 3. The number of fused-ring (bicyclic) bond motifs is 1. The molecule has 28 heavy (non-hydrogen) atoms. The average molecular weight is 382 g/mol. The number of amides is 2. The van der Waals surface area contributed by atoms with Crippen LogP contribution in [-0.4, -0.2) is 64.4 Å². The predicted octanol–water partition coefficient (Wildman–Crippen LogP) is 2.88. The van der Waals surface area contributed by atoms with E-state index in [4.69, 9.17) is 9.47 Å². The van der Waals surface area contributed by atoms with Crippen LogP contribution in [0.25, 0.3) is 0 Å². The van der Waals surface area contributed by atoms with E-state index < -0.39 is 0 Å². The van der Waals surface area contributed by atoms with Gasteiger partial charge in [0.05, 0.1) is 0 Å². The fourth-order valence-corrected chi connectivity index (χ4v) is 3.45. The molecule has 0 spiro atoms. The van der Waals surface area contributed by atoms with E-state index in [9.17, 15) is 4.79 Å². The third-order valence-electron chi connectivity index (χ3n) is 5.09. The molecule has 0 radical (unpaired) electrons. The highest BCUT2D eigenvalue weighted by Crippen LogP contribution is 2.32. The topological polar surface area (TPSA) is 57.3 Å². The highest BCUT2D eigenvalue weighted by atomic mass is 16.6. The van der Waals surface area contributed by atoms with Crippen LogP contribution >= 0.6 is 0 Å². The molecule has 148 valence electrons. The van der Waals surface area contributed by atoms with E-state index in [0.29, 0.717) is 32.1 Å². The van der Waals surface area contributed by atoms with Gasteiger partial charge in [0.2, 0.25) is 0 Å². The van der Waals surface area contributed by atoms with Gasteiger partial charge in [-0.2, -0.15) is 0 Å². The summed E-state index contributed by atoms with van der Waals surface area (Å²) in [5, 5.41) is 2.96. The van der Waals surface area contributed by atoms with Gasteiger partial charge in [0.1, 0.15) is 13.2 Å². The van der Waals surface area contributed by atoms with Crippen molar-refractivity contribution in [1.82, 2.24) is 4.90 Å². The van der Waals surface area contributed by atoms with Crippen LogP contribution in [-0.2, 0) is 0 Å². The first-order valence-corrected chi connectivity index (χ1v) is 9.58. The Hall–Kier alpha value is -3.09. The molecule has 4 rings (SSSR count). The van der Waals surface area contributed by atoms with Crippen LogP contribution in [0.5, 0.6) is 11.5 Å². The van der Waals surface area contributed by atoms with Gasteiger partial charge in [-0.05, 0) is 36.4 Å². The second-order valence-corrected chi connectivity index (χ2v) is 7.17. The molecule has 2 aromatic rings. The van der Waals surface area contributed by atoms with Crippen LogP contribution < -0.4 is 24.6 Å². The highest BCUT2D eigenvalue weighted by molar-refractivity contribution is 5.90. The Morgan fingerprint density at radius 1 is 0.929 bits per heavy atom. The quantitative estimate of drug-likeness (QED) is 0.885. The summed E-state index contributed by atoms with van der Waals surface area (Å²) in [6, 6.07) is 13.9. The van der Waals surface area contributed by atoms with Crippen LogP contribution in [0.4, 0.5) is 21.9 Å². The van der Waals surface area contributed by atoms with Gasteiger partial charge in [0.25, 0.3) is 0 Å². The first-order valence-electron chi connectivity index (χ1n) is 9.58. The Labute approximate surface area is 165 Å². The largest absolute Gasteiger partial charge is 0.486 e. The monoisotopic (exact) mass is 382 g/mol. The molecular weight excluding hydrogens is 356 g/mol. The summed E-state index contributed by atoms with van der Waals surface area (Å²) in [4.78, 5) is 18.9. The summed E-state index contributed by atoms with van der Waals surface area (Å²) in [5.74, 6) is 1.40. The molecule has 0 bridgehead atoms. The molecule has 0 aliphatic carbocycles. The van der Waals surface area contributed by atoms with Crippen LogP contribution in [0, 0.1) is 0 Å². The number of anilines is 3. The average Bonchev–Trinajstić information content (AvgIpc) is 2.74. The molecule has 0 unspecified atom stereocenters. The Morgan fingerprint density at radius 3 is 2.29 bits per heavy atom. The number of piperazine rings is 1. The molecule has 2 aromatic carbocycles. The van der Waals surface area contributed by atoms with E-state index in [1.165, 1.54) is 11.4 Å². The van der Waals surface area contributed by atoms with Crippen LogP contribution in [0.3, 0.4) is 0 Å². The molecule has 2 amide bonds. The summed E-state index contributed by atoms with van der Waals surface area (Å²) in [6.45, 7) is 4.09. The van der Waals surface area contributed by atoms with Crippen LogP contribution in [0.15, 0.2) is 42.5 Å². The number of carbonyl (C=O) groups is 1. The zero-order valence-electron chi connectivity index (χ0n) is 16.4. The number of ether oxygens (including phenoxy) is 2. The maximum Gasteiger partial charge on any atom is 0.321 e. The van der Waals surface area contributed by atoms with E-state index in [-0.39, 0.29) is 6.03 Å². The Morgan fingerprint density at radius 2 is 1.61 bits per heavy atom. The SMILES string of the molecule is CN(C)c1ccc(N2CCN(C(=O)Nc3ccc4c(c3)OCCO4)CC2)cc1. The van der Waals surface area contributed by atoms with Crippen molar-refractivity contribution in [3.05, 3.63) is 42.5 Å². The fraction of sp³-hybridized carbons (Fsp3) is 0.381. The van der Waals surface area contributed by atoms with E-state index in [1.54, 1.807) is 0 Å². The summed E-state index contributed by atoms with van der Waals surface area (Å²) >= 11 is 0. The third kappa shape index (κ3) is 3.93. The van der Waals surface area contributed by atoms with Crippen molar-refractivity contribution in [2.75, 3.05) is 68.6 Å². The molecule has 2 heterocycles. The van der Waals surface area contributed by atoms with Gasteiger partial charge in [-0.3, -0.25) is 0 Å². The van der Waals surface area contributed by atoms with Crippen molar-refractivity contribution in [3.63, 3.8) is 0 Å². The molecular formula is C21H26N4O3. The minimum absolute atomic E-state index is 0.0840. The van der Waals surface area contributed by atoms with Gasteiger partial charge in [-0.15, -0.1) is 0 Å². The number of urea groups is 1. The van der Waals surface area contributed by atoms with E-state index in [2.05, 4.69) is 39.4 Å². The Bertz CT molecular complexity index is 830. The number of hydrogen-bond acceptors (Lipinski definition) is 5. The van der Waals surface area contributed by atoms with E-state index in [0.717, 1.165) is 24.5 Å². The van der Waals surface area contributed by atoms with Crippen molar-refractivity contribution in [3.8, 4) is 11.5 Å². The molecule has 7 heteroatoms. The van der Waals surface area contributed by atoms with Gasteiger partial charge in [-0.1, -0.05) is 0 Å². The standard InChI is InChI=1S/C21H26N4O3/c1-23(2)17-4-6-18(7-5-17)24-9-11-25(12-10-24)21(26)22-16-3-8-19-20(15-16)28-14-13-27-19/h3-8,15H,9-14H2,1-2H3,(H,22,26). The van der Waals surface area contributed by atoms with E-state index in [1.807, 2.05) is 37.2 Å². The van der Waals surface area contributed by atoms with Crippen molar-refractivity contribution in [2.45, 2.75) is 0 Å². The number of benzene rings is 2. The van der Waals surface area contributed by atoms with Gasteiger partial charge >= 0.3 is 6.03 Å². The summed E-state index contributed by atoms with van der Waals surface area (Å²) in [5.41, 5.74) is 3.09. The van der Waals surface area contributed by atoms with Crippen LogP contribution in [0.1, 0.15) is 0 Å². The summed E-state index contributed by atoms with van der Waals surface area (Å²) in [6.07, 6.45) is 0. The zero-order valence-corrected chi connectivity index (χ0v) is 16.4. The second-order valence-electron chi connectivity index (χ2n) is 7.17. The molecule has 1 fully saturated rings. The number of nitrogens with one attached hydrogen (secondary N) is 1. The van der Waals surface area contributed by atoms with Gasteiger partial charge in [-0.25, -0.2) is 4.79 Å². The fourth-order valence-electron chi connectivity index (χ4n) is 3.45. The first kappa shape index (κ1) is 18.3. The normalized spacial score (nSPS) is 15.9. The smallest absolute Gasteiger partial charge is 0.321 e. The minimum atomic E-state index is -0.0840. The maximum atomic E-state index is 12.6. The number of rotatable bonds is 3. The van der Waals surface area contributed by atoms with Crippen molar-refractivity contribution in [2.24, 2.45) is 0 Å². The lowest BCUT2D eigenvalue weighted by atomic mass is 10.2. The lowest BCUT2D eigenvalue weighted by molar-refractivity contribution is 0.171. The minimum Gasteiger partial charge on any atom is -0.486 e. The lowest BCUT2D eigenvalue weighted by Crippen LogP contribution is -2.50. The van der Waals surface area contributed by atoms with Crippen LogP contribution in [0.2, 0.25) is 0 Å². The Balaban J connectivity index is 1.32. The highest BCUT2D eigenvalue weighted by Gasteiger charge is 2.22. The van der Waals surface area contributed by atoms with Crippen molar-refractivity contribution in [1.29, 1.82) is 0 Å². The summed E-state index contributed by atoms with van der Waals surface area (Å²) < 4.78 is 11.1. The number of hydrogen-bond donors (Lipinski definition) is 1. The van der Waals surface area contributed by atoms with Crippen molar-refractivity contribution < 1.29 is 14.3 Å². The molecule has 0 aromatic heterocycles.